The summed E-state index contributed by atoms with van der Waals surface area (Å²) in [7, 11) is 0. The lowest BCUT2D eigenvalue weighted by Crippen LogP contribution is -2.40. The quantitative estimate of drug-likeness (QED) is 0.728. The predicted molar refractivity (Wildman–Crippen MR) is 67.4 cm³/mol. The molecule has 2 rings (SSSR count). The molecular formula is C14H27NO. The molecule has 0 aromatic carbocycles. The Morgan fingerprint density at radius 3 is 2.50 bits per heavy atom. The van der Waals surface area contributed by atoms with Crippen molar-refractivity contribution >= 4 is 0 Å². The molecule has 2 N–H and O–H groups in total. The van der Waals surface area contributed by atoms with Gasteiger partial charge in [-0.15, -0.1) is 0 Å². The maximum atomic E-state index is 9.93. The first-order valence-corrected chi connectivity index (χ1v) is 7.07. The van der Waals surface area contributed by atoms with Crippen LogP contribution in [0.25, 0.3) is 0 Å². The second-order valence-corrected chi connectivity index (χ2v) is 6.34. The molecular weight excluding hydrogens is 198 g/mol. The van der Waals surface area contributed by atoms with Crippen molar-refractivity contribution in [3.8, 4) is 0 Å². The maximum absolute atomic E-state index is 9.93. The van der Waals surface area contributed by atoms with Crippen molar-refractivity contribution in [1.82, 2.24) is 5.32 Å². The molecule has 2 saturated carbocycles. The van der Waals surface area contributed by atoms with Crippen molar-refractivity contribution in [2.24, 2.45) is 11.3 Å². The monoisotopic (exact) mass is 225 g/mol. The Morgan fingerprint density at radius 1 is 1.25 bits per heavy atom. The van der Waals surface area contributed by atoms with Crippen LogP contribution in [-0.4, -0.2) is 24.3 Å². The largest absolute Gasteiger partial charge is 0.392 e. The molecule has 2 aliphatic rings. The van der Waals surface area contributed by atoms with E-state index in [1.165, 1.54) is 44.9 Å². The van der Waals surface area contributed by atoms with Crippen molar-refractivity contribution in [2.75, 3.05) is 13.1 Å². The number of nitrogens with one attached hydrogen (secondary N) is 1. The number of rotatable bonds is 6. The van der Waals surface area contributed by atoms with Crippen LogP contribution in [0.15, 0.2) is 0 Å². The van der Waals surface area contributed by atoms with Crippen molar-refractivity contribution in [2.45, 2.75) is 64.4 Å². The zero-order valence-electron chi connectivity index (χ0n) is 10.7. The first-order valence-electron chi connectivity index (χ1n) is 7.07. The molecule has 94 valence electrons. The Balaban J connectivity index is 1.54. The molecule has 2 aliphatic carbocycles. The van der Waals surface area contributed by atoms with E-state index in [-0.39, 0.29) is 6.10 Å². The van der Waals surface area contributed by atoms with Crippen LogP contribution in [0.2, 0.25) is 0 Å². The highest BCUT2D eigenvalue weighted by Gasteiger charge is 2.31. The highest BCUT2D eigenvalue weighted by Crippen LogP contribution is 2.39. The molecule has 0 heterocycles. The van der Waals surface area contributed by atoms with Gasteiger partial charge in [-0.3, -0.25) is 0 Å². The maximum Gasteiger partial charge on any atom is 0.0667 e. The van der Waals surface area contributed by atoms with Crippen LogP contribution in [0.4, 0.5) is 0 Å². The van der Waals surface area contributed by atoms with Crippen LogP contribution in [0, 0.1) is 11.3 Å². The molecule has 1 atom stereocenters. The highest BCUT2D eigenvalue weighted by molar-refractivity contribution is 4.85. The fraction of sp³-hybridized carbons (Fsp3) is 1.00. The Kier molecular flexibility index (Phi) is 4.26. The minimum Gasteiger partial charge on any atom is -0.392 e. The molecule has 0 aliphatic heterocycles. The SMILES string of the molecule is CC1(CNCC(O)CC2CCCC2)CCC1. The standard InChI is InChI=1S/C14H27NO/c1-14(7-4-8-14)11-15-10-13(16)9-12-5-2-3-6-12/h12-13,15-16H,2-11H2,1H3. The van der Waals surface area contributed by atoms with Crippen molar-refractivity contribution in [3.63, 3.8) is 0 Å². The lowest BCUT2D eigenvalue weighted by atomic mass is 9.70. The summed E-state index contributed by atoms with van der Waals surface area (Å²) in [5, 5.41) is 13.4. The number of hydrogen-bond acceptors (Lipinski definition) is 2. The normalized spacial score (nSPS) is 26.6. The number of hydrogen-bond donors (Lipinski definition) is 2. The lowest BCUT2D eigenvalue weighted by Gasteiger charge is -2.38. The summed E-state index contributed by atoms with van der Waals surface area (Å²) in [6.45, 7) is 4.24. The van der Waals surface area contributed by atoms with Gasteiger partial charge in [0.2, 0.25) is 0 Å². The van der Waals surface area contributed by atoms with E-state index in [0.29, 0.717) is 5.41 Å². The van der Waals surface area contributed by atoms with Crippen LogP contribution in [0.3, 0.4) is 0 Å². The van der Waals surface area contributed by atoms with Crippen LogP contribution in [-0.2, 0) is 0 Å². The molecule has 0 aromatic heterocycles. The molecule has 0 aromatic rings. The summed E-state index contributed by atoms with van der Waals surface area (Å²) in [6, 6.07) is 0. The van der Waals surface area contributed by atoms with Gasteiger partial charge >= 0.3 is 0 Å². The molecule has 0 amide bonds. The van der Waals surface area contributed by atoms with E-state index in [2.05, 4.69) is 12.2 Å². The molecule has 1 unspecified atom stereocenters. The van der Waals surface area contributed by atoms with Crippen LogP contribution >= 0.6 is 0 Å². The summed E-state index contributed by atoms with van der Waals surface area (Å²) in [4.78, 5) is 0. The molecule has 0 saturated heterocycles. The molecule has 2 fully saturated rings. The van der Waals surface area contributed by atoms with E-state index in [1.54, 1.807) is 0 Å². The Bertz CT molecular complexity index is 207. The van der Waals surface area contributed by atoms with Gasteiger partial charge in [0.1, 0.15) is 0 Å². The van der Waals surface area contributed by atoms with Gasteiger partial charge in [-0.1, -0.05) is 39.0 Å². The van der Waals surface area contributed by atoms with Gasteiger partial charge in [0, 0.05) is 13.1 Å². The number of aliphatic hydroxyl groups is 1. The molecule has 2 heteroatoms. The van der Waals surface area contributed by atoms with E-state index in [0.717, 1.165) is 25.4 Å². The van der Waals surface area contributed by atoms with E-state index < -0.39 is 0 Å². The average molecular weight is 225 g/mol. The van der Waals surface area contributed by atoms with Crippen molar-refractivity contribution < 1.29 is 5.11 Å². The van der Waals surface area contributed by atoms with Crippen LogP contribution in [0.5, 0.6) is 0 Å². The first kappa shape index (κ1) is 12.4. The third kappa shape index (κ3) is 3.46. The van der Waals surface area contributed by atoms with Crippen LogP contribution in [0.1, 0.15) is 58.3 Å². The highest BCUT2D eigenvalue weighted by atomic mass is 16.3. The third-order valence-electron chi connectivity index (χ3n) is 4.57. The van der Waals surface area contributed by atoms with Gasteiger partial charge in [0.25, 0.3) is 0 Å². The van der Waals surface area contributed by atoms with Gasteiger partial charge < -0.3 is 10.4 Å². The van der Waals surface area contributed by atoms with E-state index in [9.17, 15) is 5.11 Å². The Labute approximate surface area is 99.8 Å². The van der Waals surface area contributed by atoms with Crippen LogP contribution < -0.4 is 5.32 Å². The molecule has 16 heavy (non-hydrogen) atoms. The smallest absolute Gasteiger partial charge is 0.0667 e. The zero-order valence-corrected chi connectivity index (χ0v) is 10.7. The summed E-state index contributed by atoms with van der Waals surface area (Å²) in [5.41, 5.74) is 0.535. The minimum atomic E-state index is -0.119. The summed E-state index contributed by atoms with van der Waals surface area (Å²) in [5.74, 6) is 0.802. The number of aliphatic hydroxyl groups excluding tert-OH is 1. The van der Waals surface area contributed by atoms with Crippen molar-refractivity contribution in [3.05, 3.63) is 0 Å². The third-order valence-corrected chi connectivity index (χ3v) is 4.57. The fourth-order valence-electron chi connectivity index (χ4n) is 3.21. The zero-order chi connectivity index (χ0) is 11.4. The fourth-order valence-corrected chi connectivity index (χ4v) is 3.21. The summed E-state index contributed by atoms with van der Waals surface area (Å²) < 4.78 is 0. The molecule has 0 spiro atoms. The Morgan fingerprint density at radius 2 is 1.94 bits per heavy atom. The van der Waals surface area contributed by atoms with Gasteiger partial charge in [-0.05, 0) is 30.6 Å². The molecule has 2 nitrogen and oxygen atoms in total. The molecule has 0 radical (unpaired) electrons. The second kappa shape index (κ2) is 5.50. The second-order valence-electron chi connectivity index (χ2n) is 6.34. The predicted octanol–water partition coefficient (Wildman–Crippen LogP) is 2.71. The van der Waals surface area contributed by atoms with Gasteiger partial charge in [-0.25, -0.2) is 0 Å². The van der Waals surface area contributed by atoms with Gasteiger partial charge in [0.15, 0.2) is 0 Å². The lowest BCUT2D eigenvalue weighted by molar-refractivity contribution is 0.118. The average Bonchev–Trinajstić information content (AvgIpc) is 2.68. The minimum absolute atomic E-state index is 0.119. The van der Waals surface area contributed by atoms with Gasteiger partial charge in [-0.2, -0.15) is 0 Å². The first-order chi connectivity index (χ1) is 7.68. The Hall–Kier alpha value is -0.0800. The van der Waals surface area contributed by atoms with E-state index in [4.69, 9.17) is 0 Å². The summed E-state index contributed by atoms with van der Waals surface area (Å²) in [6.07, 6.45) is 10.5. The van der Waals surface area contributed by atoms with E-state index in [1.807, 2.05) is 0 Å². The molecule has 0 bridgehead atoms. The van der Waals surface area contributed by atoms with Gasteiger partial charge in [0.05, 0.1) is 6.10 Å². The topological polar surface area (TPSA) is 32.3 Å². The van der Waals surface area contributed by atoms with Crippen molar-refractivity contribution in [1.29, 1.82) is 0 Å². The van der Waals surface area contributed by atoms with E-state index >= 15 is 0 Å². The summed E-state index contributed by atoms with van der Waals surface area (Å²) >= 11 is 0.